The Balaban J connectivity index is 2.65. The first-order valence-electron chi connectivity index (χ1n) is 6.62. The summed E-state index contributed by atoms with van der Waals surface area (Å²) in [5.41, 5.74) is 0. The van der Waals surface area contributed by atoms with E-state index in [2.05, 4.69) is 39.5 Å². The van der Waals surface area contributed by atoms with E-state index in [1.54, 1.807) is 0 Å². The number of nitrogens with zero attached hydrogens (tertiary/aromatic N) is 3. The summed E-state index contributed by atoms with van der Waals surface area (Å²) < 4.78 is 0. The maximum absolute atomic E-state index is 4.47. The molecular weight excluding hydrogens is 226 g/mol. The molecule has 18 heavy (non-hydrogen) atoms. The molecule has 2 N–H and O–H groups in total. The van der Waals surface area contributed by atoms with Crippen LogP contribution in [0.4, 0.5) is 11.6 Å². The van der Waals surface area contributed by atoms with Gasteiger partial charge < -0.3 is 15.5 Å². The van der Waals surface area contributed by atoms with E-state index in [0.29, 0.717) is 0 Å². The molecule has 0 amide bonds. The van der Waals surface area contributed by atoms with Crippen molar-refractivity contribution in [2.75, 3.05) is 43.9 Å². The Bertz CT molecular complexity index is 353. The van der Waals surface area contributed by atoms with E-state index in [1.165, 1.54) is 0 Å². The Kier molecular flexibility index (Phi) is 6.43. The molecule has 0 aromatic carbocycles. The molecule has 1 aromatic heterocycles. The van der Waals surface area contributed by atoms with Gasteiger partial charge in [0.2, 0.25) is 0 Å². The fourth-order valence-corrected chi connectivity index (χ4v) is 1.70. The van der Waals surface area contributed by atoms with Gasteiger partial charge in [-0.05, 0) is 33.4 Å². The Morgan fingerprint density at radius 3 is 2.72 bits per heavy atom. The Morgan fingerprint density at radius 1 is 1.28 bits per heavy atom. The van der Waals surface area contributed by atoms with Crippen LogP contribution in [0.2, 0.25) is 0 Å². The van der Waals surface area contributed by atoms with Crippen LogP contribution < -0.4 is 15.5 Å². The molecule has 0 aliphatic carbocycles. The van der Waals surface area contributed by atoms with Crippen LogP contribution >= 0.6 is 0 Å². The lowest BCUT2D eigenvalue weighted by atomic mass is 10.3. The normalized spacial score (nSPS) is 10.4. The van der Waals surface area contributed by atoms with Crippen LogP contribution in [-0.2, 0) is 0 Å². The zero-order valence-electron chi connectivity index (χ0n) is 12.0. The van der Waals surface area contributed by atoms with Gasteiger partial charge in [-0.3, -0.25) is 0 Å². The maximum Gasteiger partial charge on any atom is 0.134 e. The van der Waals surface area contributed by atoms with Crippen molar-refractivity contribution in [2.45, 2.75) is 26.7 Å². The lowest BCUT2D eigenvalue weighted by Crippen LogP contribution is -2.23. The van der Waals surface area contributed by atoms with Crippen LogP contribution in [0.25, 0.3) is 0 Å². The molecule has 0 bridgehead atoms. The van der Waals surface area contributed by atoms with Crippen LogP contribution in [0.15, 0.2) is 6.07 Å². The first-order valence-corrected chi connectivity index (χ1v) is 6.62. The van der Waals surface area contributed by atoms with Gasteiger partial charge in [-0.1, -0.05) is 6.92 Å². The summed E-state index contributed by atoms with van der Waals surface area (Å²) >= 11 is 0. The minimum atomic E-state index is 0.812. The van der Waals surface area contributed by atoms with E-state index in [1.807, 2.05) is 20.0 Å². The molecule has 0 saturated heterocycles. The van der Waals surface area contributed by atoms with Crippen molar-refractivity contribution in [3.05, 3.63) is 11.9 Å². The molecule has 0 radical (unpaired) electrons. The first-order chi connectivity index (χ1) is 8.67. The fourth-order valence-electron chi connectivity index (χ4n) is 1.70. The van der Waals surface area contributed by atoms with Crippen LogP contribution in [-0.4, -0.2) is 43.7 Å². The molecule has 0 aliphatic heterocycles. The molecule has 0 atom stereocenters. The average Bonchev–Trinajstić information content (AvgIpc) is 2.36. The minimum absolute atomic E-state index is 0.812. The van der Waals surface area contributed by atoms with Crippen molar-refractivity contribution in [3.63, 3.8) is 0 Å². The van der Waals surface area contributed by atoms with E-state index in [4.69, 9.17) is 0 Å². The number of aromatic nitrogens is 2. The van der Waals surface area contributed by atoms with Crippen molar-refractivity contribution >= 4 is 11.6 Å². The Hall–Kier alpha value is -1.36. The van der Waals surface area contributed by atoms with Crippen molar-refractivity contribution < 1.29 is 0 Å². The summed E-state index contributed by atoms with van der Waals surface area (Å²) in [7, 11) is 4.04. The highest BCUT2D eigenvalue weighted by atomic mass is 15.2. The molecule has 0 spiro atoms. The number of rotatable bonds is 8. The van der Waals surface area contributed by atoms with Gasteiger partial charge in [-0.15, -0.1) is 0 Å². The second kappa shape index (κ2) is 7.87. The minimum Gasteiger partial charge on any atom is -0.370 e. The third-order valence-electron chi connectivity index (χ3n) is 2.69. The van der Waals surface area contributed by atoms with Crippen LogP contribution in [0.3, 0.4) is 0 Å². The molecular formula is C13H25N5. The molecule has 5 heteroatoms. The van der Waals surface area contributed by atoms with Gasteiger partial charge in [-0.2, -0.15) is 0 Å². The predicted octanol–water partition coefficient (Wildman–Crippen LogP) is 1.65. The van der Waals surface area contributed by atoms with Gasteiger partial charge in [0.15, 0.2) is 0 Å². The summed E-state index contributed by atoms with van der Waals surface area (Å²) in [6.07, 6.45) is 2.20. The molecule has 0 aliphatic rings. The number of nitrogens with one attached hydrogen (secondary N) is 2. The maximum atomic E-state index is 4.47. The van der Waals surface area contributed by atoms with E-state index >= 15 is 0 Å². The van der Waals surface area contributed by atoms with E-state index in [9.17, 15) is 0 Å². The Labute approximate surface area is 110 Å². The predicted molar refractivity (Wildman–Crippen MR) is 77.4 cm³/mol. The molecule has 1 rings (SSSR count). The number of hydrogen-bond donors (Lipinski definition) is 2. The van der Waals surface area contributed by atoms with Crippen molar-refractivity contribution in [3.8, 4) is 0 Å². The number of aryl methyl sites for hydroxylation is 1. The van der Waals surface area contributed by atoms with Crippen molar-refractivity contribution in [2.24, 2.45) is 0 Å². The van der Waals surface area contributed by atoms with E-state index in [-0.39, 0.29) is 0 Å². The first kappa shape index (κ1) is 14.7. The van der Waals surface area contributed by atoms with Gasteiger partial charge in [-0.25, -0.2) is 9.97 Å². The fraction of sp³-hybridized carbons (Fsp3) is 0.692. The van der Waals surface area contributed by atoms with Crippen LogP contribution in [0.5, 0.6) is 0 Å². The SMILES string of the molecule is CCCNc1cc(N(C)CCCNC)nc(C)n1. The summed E-state index contributed by atoms with van der Waals surface area (Å²) in [5, 5.41) is 6.46. The van der Waals surface area contributed by atoms with Gasteiger partial charge in [0.05, 0.1) is 0 Å². The molecule has 0 fully saturated rings. The zero-order chi connectivity index (χ0) is 13.4. The monoisotopic (exact) mass is 251 g/mol. The van der Waals surface area contributed by atoms with E-state index in [0.717, 1.165) is 49.9 Å². The van der Waals surface area contributed by atoms with Gasteiger partial charge in [0, 0.05) is 26.2 Å². The van der Waals surface area contributed by atoms with Crippen molar-refractivity contribution in [1.82, 2.24) is 15.3 Å². The average molecular weight is 251 g/mol. The quantitative estimate of drug-likeness (QED) is 0.688. The lowest BCUT2D eigenvalue weighted by molar-refractivity contribution is 0.708. The summed E-state index contributed by atoms with van der Waals surface area (Å²) in [6.45, 7) is 7.03. The van der Waals surface area contributed by atoms with Crippen LogP contribution in [0, 0.1) is 6.92 Å². The molecule has 1 heterocycles. The van der Waals surface area contributed by atoms with Crippen LogP contribution in [0.1, 0.15) is 25.6 Å². The molecule has 5 nitrogen and oxygen atoms in total. The van der Waals surface area contributed by atoms with Gasteiger partial charge in [0.25, 0.3) is 0 Å². The zero-order valence-corrected chi connectivity index (χ0v) is 12.0. The van der Waals surface area contributed by atoms with E-state index < -0.39 is 0 Å². The lowest BCUT2D eigenvalue weighted by Gasteiger charge is -2.19. The summed E-state index contributed by atoms with van der Waals surface area (Å²) in [4.78, 5) is 11.0. The van der Waals surface area contributed by atoms with Gasteiger partial charge >= 0.3 is 0 Å². The molecule has 1 aromatic rings. The highest BCUT2D eigenvalue weighted by Gasteiger charge is 2.06. The second-order valence-corrected chi connectivity index (χ2v) is 4.46. The number of hydrogen-bond acceptors (Lipinski definition) is 5. The smallest absolute Gasteiger partial charge is 0.134 e. The third-order valence-corrected chi connectivity index (χ3v) is 2.69. The number of anilines is 2. The summed E-state index contributed by atoms with van der Waals surface area (Å²) in [5.74, 6) is 2.71. The summed E-state index contributed by atoms with van der Waals surface area (Å²) in [6, 6.07) is 2.02. The third kappa shape index (κ3) is 4.87. The standard InChI is InChI=1S/C13H25N5/c1-5-7-15-12-10-13(17-11(2)16-12)18(4)9-6-8-14-3/h10,14H,5-9H2,1-4H3,(H,15,16,17). The topological polar surface area (TPSA) is 53.1 Å². The Morgan fingerprint density at radius 2 is 2.06 bits per heavy atom. The largest absolute Gasteiger partial charge is 0.370 e. The van der Waals surface area contributed by atoms with Crippen molar-refractivity contribution in [1.29, 1.82) is 0 Å². The second-order valence-electron chi connectivity index (χ2n) is 4.46. The highest BCUT2D eigenvalue weighted by molar-refractivity contribution is 5.48. The van der Waals surface area contributed by atoms with Gasteiger partial charge in [0.1, 0.15) is 17.5 Å². The highest BCUT2D eigenvalue weighted by Crippen LogP contribution is 2.14. The molecule has 102 valence electrons. The molecule has 0 unspecified atom stereocenters. The molecule has 0 saturated carbocycles.